The molecule has 21 heavy (non-hydrogen) atoms. The van der Waals surface area contributed by atoms with Gasteiger partial charge in [-0.3, -0.25) is 4.90 Å². The standard InChI is InChI=1S/C14H30F2N2O3/c1-2-3-7-19-9-11-21-12-10-20-8-6-18(5-4-17)13-14(15)16/h14H,2-13,17H2,1H3. The van der Waals surface area contributed by atoms with Gasteiger partial charge in [-0.1, -0.05) is 13.3 Å². The lowest BCUT2D eigenvalue weighted by Gasteiger charge is -2.20. The number of ether oxygens (including phenoxy) is 3. The molecule has 128 valence electrons. The molecule has 0 radical (unpaired) electrons. The summed E-state index contributed by atoms with van der Waals surface area (Å²) in [5.41, 5.74) is 5.37. The normalized spacial score (nSPS) is 11.7. The van der Waals surface area contributed by atoms with Gasteiger partial charge in [0.25, 0.3) is 6.43 Å². The Morgan fingerprint density at radius 3 is 2.00 bits per heavy atom. The van der Waals surface area contributed by atoms with Crippen LogP contribution >= 0.6 is 0 Å². The lowest BCUT2D eigenvalue weighted by molar-refractivity contribution is 0.00675. The lowest BCUT2D eigenvalue weighted by Crippen LogP contribution is -2.36. The molecule has 0 saturated carbocycles. The molecule has 0 fully saturated rings. The van der Waals surface area contributed by atoms with Crippen LogP contribution in [0.4, 0.5) is 8.78 Å². The Morgan fingerprint density at radius 1 is 0.905 bits per heavy atom. The van der Waals surface area contributed by atoms with Gasteiger partial charge in [0.05, 0.1) is 39.6 Å². The monoisotopic (exact) mass is 312 g/mol. The first kappa shape index (κ1) is 20.7. The molecule has 0 bridgehead atoms. The summed E-state index contributed by atoms with van der Waals surface area (Å²) in [5, 5.41) is 0. The van der Waals surface area contributed by atoms with Crippen LogP contribution in [0.1, 0.15) is 19.8 Å². The second-order valence-corrected chi connectivity index (χ2v) is 4.67. The number of nitrogens with zero attached hydrogens (tertiary/aromatic N) is 1. The van der Waals surface area contributed by atoms with Crippen LogP contribution in [0.15, 0.2) is 0 Å². The predicted octanol–water partition coefficient (Wildman–Crippen LogP) is 1.36. The highest BCUT2D eigenvalue weighted by atomic mass is 19.3. The summed E-state index contributed by atoms with van der Waals surface area (Å²) in [6.07, 6.45) is -0.143. The Bertz CT molecular complexity index is 213. The van der Waals surface area contributed by atoms with Crippen molar-refractivity contribution in [2.24, 2.45) is 5.73 Å². The highest BCUT2D eigenvalue weighted by Crippen LogP contribution is 1.97. The Morgan fingerprint density at radius 2 is 1.48 bits per heavy atom. The van der Waals surface area contributed by atoms with E-state index in [2.05, 4.69) is 6.92 Å². The molecular formula is C14H30F2N2O3. The van der Waals surface area contributed by atoms with Crippen molar-refractivity contribution in [3.8, 4) is 0 Å². The van der Waals surface area contributed by atoms with Gasteiger partial charge in [-0.25, -0.2) is 8.78 Å². The maximum Gasteiger partial charge on any atom is 0.251 e. The van der Waals surface area contributed by atoms with E-state index in [0.717, 1.165) is 19.4 Å². The molecule has 0 rings (SSSR count). The predicted molar refractivity (Wildman–Crippen MR) is 78.9 cm³/mol. The van der Waals surface area contributed by atoms with Crippen molar-refractivity contribution in [1.29, 1.82) is 0 Å². The fourth-order valence-electron chi connectivity index (χ4n) is 1.65. The molecule has 0 spiro atoms. The molecule has 2 N–H and O–H groups in total. The summed E-state index contributed by atoms with van der Waals surface area (Å²) in [5.74, 6) is 0. The molecular weight excluding hydrogens is 282 g/mol. The minimum absolute atomic E-state index is 0.258. The first-order valence-corrected chi connectivity index (χ1v) is 7.64. The Labute approximate surface area is 126 Å². The summed E-state index contributed by atoms with van der Waals surface area (Å²) >= 11 is 0. The van der Waals surface area contributed by atoms with Crippen LogP contribution in [0, 0.1) is 0 Å². The first-order chi connectivity index (χ1) is 10.2. The third-order valence-electron chi connectivity index (χ3n) is 2.78. The Kier molecular flexibility index (Phi) is 15.8. The molecule has 0 aliphatic heterocycles. The molecule has 7 heteroatoms. The highest BCUT2D eigenvalue weighted by Gasteiger charge is 2.10. The van der Waals surface area contributed by atoms with Crippen molar-refractivity contribution in [2.75, 3.05) is 65.8 Å². The second kappa shape index (κ2) is 16.0. The van der Waals surface area contributed by atoms with Gasteiger partial charge in [-0.05, 0) is 6.42 Å². The number of alkyl halides is 2. The van der Waals surface area contributed by atoms with E-state index in [0.29, 0.717) is 52.7 Å². The van der Waals surface area contributed by atoms with Crippen LogP contribution in [0.3, 0.4) is 0 Å². The maximum atomic E-state index is 12.3. The third kappa shape index (κ3) is 15.9. The summed E-state index contributed by atoms with van der Waals surface area (Å²) < 4.78 is 40.6. The van der Waals surface area contributed by atoms with E-state index in [4.69, 9.17) is 19.9 Å². The fraction of sp³-hybridized carbons (Fsp3) is 1.00. The molecule has 5 nitrogen and oxygen atoms in total. The topological polar surface area (TPSA) is 57.0 Å². The van der Waals surface area contributed by atoms with Crippen molar-refractivity contribution in [1.82, 2.24) is 4.90 Å². The smallest absolute Gasteiger partial charge is 0.251 e. The average Bonchev–Trinajstić information content (AvgIpc) is 2.44. The van der Waals surface area contributed by atoms with Gasteiger partial charge in [-0.2, -0.15) is 0 Å². The summed E-state index contributed by atoms with van der Waals surface area (Å²) in [6.45, 7) is 6.42. The van der Waals surface area contributed by atoms with Crippen molar-refractivity contribution < 1.29 is 23.0 Å². The van der Waals surface area contributed by atoms with Gasteiger partial charge in [0.1, 0.15) is 0 Å². The average molecular weight is 312 g/mol. The lowest BCUT2D eigenvalue weighted by atomic mass is 10.4. The van der Waals surface area contributed by atoms with E-state index < -0.39 is 6.43 Å². The van der Waals surface area contributed by atoms with Crippen LogP contribution < -0.4 is 5.73 Å². The Hall–Kier alpha value is -0.340. The number of unbranched alkanes of at least 4 members (excludes halogenated alkanes) is 1. The molecule has 0 atom stereocenters. The quantitative estimate of drug-likeness (QED) is 0.436. The van der Waals surface area contributed by atoms with Crippen molar-refractivity contribution in [2.45, 2.75) is 26.2 Å². The molecule has 0 heterocycles. The maximum absolute atomic E-state index is 12.3. The number of halogens is 2. The minimum atomic E-state index is -2.34. The van der Waals surface area contributed by atoms with Crippen LogP contribution in [0.25, 0.3) is 0 Å². The summed E-state index contributed by atoms with van der Waals surface area (Å²) in [7, 11) is 0. The van der Waals surface area contributed by atoms with E-state index >= 15 is 0 Å². The van der Waals surface area contributed by atoms with E-state index in [1.165, 1.54) is 0 Å². The number of hydrogen-bond donors (Lipinski definition) is 1. The summed E-state index contributed by atoms with van der Waals surface area (Å²) in [6, 6.07) is 0. The van der Waals surface area contributed by atoms with Crippen molar-refractivity contribution in [3.63, 3.8) is 0 Å². The number of hydrogen-bond acceptors (Lipinski definition) is 5. The second-order valence-electron chi connectivity index (χ2n) is 4.67. The van der Waals surface area contributed by atoms with Gasteiger partial charge in [0.2, 0.25) is 0 Å². The van der Waals surface area contributed by atoms with Gasteiger partial charge in [-0.15, -0.1) is 0 Å². The zero-order valence-electron chi connectivity index (χ0n) is 13.1. The summed E-state index contributed by atoms with van der Waals surface area (Å²) in [4.78, 5) is 1.60. The minimum Gasteiger partial charge on any atom is -0.379 e. The van der Waals surface area contributed by atoms with Crippen LogP contribution in [-0.4, -0.2) is 77.1 Å². The zero-order valence-corrected chi connectivity index (χ0v) is 13.1. The molecule has 0 aromatic rings. The van der Waals surface area contributed by atoms with Gasteiger partial charge in [0.15, 0.2) is 0 Å². The van der Waals surface area contributed by atoms with Crippen LogP contribution in [-0.2, 0) is 14.2 Å². The molecule has 0 aliphatic rings. The third-order valence-corrected chi connectivity index (χ3v) is 2.78. The molecule has 0 aromatic heterocycles. The SMILES string of the molecule is CCCCOCCOCCOCCN(CCN)CC(F)F. The van der Waals surface area contributed by atoms with Gasteiger partial charge < -0.3 is 19.9 Å². The van der Waals surface area contributed by atoms with E-state index in [1.807, 2.05) is 0 Å². The van der Waals surface area contributed by atoms with Crippen molar-refractivity contribution >= 4 is 0 Å². The van der Waals surface area contributed by atoms with Crippen LogP contribution in [0.2, 0.25) is 0 Å². The van der Waals surface area contributed by atoms with Crippen LogP contribution in [0.5, 0.6) is 0 Å². The van der Waals surface area contributed by atoms with Gasteiger partial charge in [0, 0.05) is 26.2 Å². The molecule has 0 aliphatic carbocycles. The fourth-order valence-corrected chi connectivity index (χ4v) is 1.65. The van der Waals surface area contributed by atoms with Gasteiger partial charge >= 0.3 is 0 Å². The number of rotatable bonds is 16. The molecule has 0 aromatic carbocycles. The van der Waals surface area contributed by atoms with Crippen molar-refractivity contribution in [3.05, 3.63) is 0 Å². The first-order valence-electron chi connectivity index (χ1n) is 7.64. The van der Waals surface area contributed by atoms with E-state index in [-0.39, 0.29) is 6.54 Å². The largest absolute Gasteiger partial charge is 0.379 e. The number of nitrogens with two attached hydrogens (primary N) is 1. The van der Waals surface area contributed by atoms with E-state index in [9.17, 15) is 8.78 Å². The molecule has 0 unspecified atom stereocenters. The van der Waals surface area contributed by atoms with E-state index in [1.54, 1.807) is 4.90 Å². The zero-order chi connectivity index (χ0) is 15.8. The highest BCUT2D eigenvalue weighted by molar-refractivity contribution is 4.59. The molecule has 0 amide bonds. The molecule has 0 saturated heterocycles. The Balaban J connectivity index is 3.29.